The van der Waals surface area contributed by atoms with Crippen LogP contribution >= 0.6 is 0 Å². The Morgan fingerprint density at radius 2 is 1.78 bits per heavy atom. The van der Waals surface area contributed by atoms with E-state index in [9.17, 15) is 32.8 Å². The molecule has 2 fully saturated rings. The normalized spacial score (nSPS) is 19.1. The first-order valence-corrected chi connectivity index (χ1v) is 14.0. The van der Waals surface area contributed by atoms with Gasteiger partial charge in [0.2, 0.25) is 23.5 Å². The van der Waals surface area contributed by atoms with Crippen LogP contribution in [-0.2, 0) is 24.0 Å². The highest BCUT2D eigenvalue weighted by Gasteiger charge is 2.37. The Bertz CT molecular complexity index is 1130. The SMILES string of the molecule is CC(CC(=O)NC(CC(C)(C)C)C(=O)NC(C[C@@H]1CCNC1=O)C(=O)C(=O)NC1CC1)c1cccc(OC(F)F)c1. The molecule has 3 rings (SSSR count). The highest BCUT2D eigenvalue weighted by atomic mass is 19.3. The number of alkyl halides is 2. The maximum absolute atomic E-state index is 13.5. The van der Waals surface area contributed by atoms with E-state index >= 15 is 0 Å². The molecule has 1 aromatic rings. The van der Waals surface area contributed by atoms with Crippen molar-refractivity contribution in [1.29, 1.82) is 0 Å². The molecule has 41 heavy (non-hydrogen) atoms. The summed E-state index contributed by atoms with van der Waals surface area (Å²) < 4.78 is 29.7. The molecule has 0 aromatic heterocycles. The van der Waals surface area contributed by atoms with E-state index < -0.39 is 53.5 Å². The lowest BCUT2D eigenvalue weighted by Crippen LogP contribution is -2.55. The Labute approximate surface area is 238 Å². The van der Waals surface area contributed by atoms with Gasteiger partial charge in [0, 0.05) is 24.9 Å². The Kier molecular flexibility index (Phi) is 10.8. The van der Waals surface area contributed by atoms with Gasteiger partial charge in [-0.15, -0.1) is 0 Å². The fourth-order valence-corrected chi connectivity index (χ4v) is 4.77. The van der Waals surface area contributed by atoms with Crippen LogP contribution in [0.2, 0.25) is 0 Å². The van der Waals surface area contributed by atoms with E-state index in [0.29, 0.717) is 18.5 Å². The van der Waals surface area contributed by atoms with Crippen molar-refractivity contribution < 1.29 is 37.5 Å². The van der Waals surface area contributed by atoms with Crippen LogP contribution in [0.15, 0.2) is 24.3 Å². The van der Waals surface area contributed by atoms with Crippen molar-refractivity contribution in [3.8, 4) is 5.75 Å². The Balaban J connectivity index is 1.71. The van der Waals surface area contributed by atoms with Crippen LogP contribution in [0.25, 0.3) is 0 Å². The molecule has 0 spiro atoms. The maximum Gasteiger partial charge on any atom is 0.387 e. The third-order valence-electron chi connectivity index (χ3n) is 7.06. The molecule has 3 unspecified atom stereocenters. The molecule has 1 aromatic carbocycles. The van der Waals surface area contributed by atoms with Gasteiger partial charge in [-0.25, -0.2) is 0 Å². The molecule has 1 heterocycles. The summed E-state index contributed by atoms with van der Waals surface area (Å²) in [5.41, 5.74) is 0.216. The van der Waals surface area contributed by atoms with Crippen LogP contribution < -0.4 is 26.0 Å². The molecule has 4 amide bonds. The van der Waals surface area contributed by atoms with E-state index in [1.165, 1.54) is 12.1 Å². The summed E-state index contributed by atoms with van der Waals surface area (Å²) in [7, 11) is 0. The van der Waals surface area contributed by atoms with Gasteiger partial charge >= 0.3 is 6.61 Å². The number of carbonyl (C=O) groups is 5. The minimum absolute atomic E-state index is 0.0212. The van der Waals surface area contributed by atoms with Crippen LogP contribution in [0.3, 0.4) is 0 Å². The third kappa shape index (κ3) is 10.4. The molecule has 1 aliphatic heterocycles. The summed E-state index contributed by atoms with van der Waals surface area (Å²) >= 11 is 0. The van der Waals surface area contributed by atoms with Gasteiger partial charge in [-0.2, -0.15) is 8.78 Å². The fourth-order valence-electron chi connectivity index (χ4n) is 4.77. The highest BCUT2D eigenvalue weighted by Crippen LogP contribution is 2.26. The number of Topliss-reactive ketones (excluding diaryl/α,β-unsaturated/α-hetero) is 1. The van der Waals surface area contributed by atoms with Gasteiger partial charge in [-0.1, -0.05) is 39.8 Å². The van der Waals surface area contributed by atoms with Crippen molar-refractivity contribution >= 4 is 29.4 Å². The van der Waals surface area contributed by atoms with E-state index in [-0.39, 0.29) is 42.9 Å². The standard InChI is InChI=1S/C29H40F2N4O6/c1-16(17-6-5-7-20(13-17)41-28(30)31)12-23(36)34-22(15-29(2,3)4)26(39)35-21(14-18-10-11-32-25(18)38)24(37)27(40)33-19-8-9-19/h5-7,13,16,18-19,21-22,28H,8-12,14-15H2,1-4H3,(H,32,38)(H,33,40)(H,34,36)(H,35,39)/t16?,18-,21?,22?/m0/s1. The number of amides is 4. The lowest BCUT2D eigenvalue weighted by atomic mass is 9.87. The van der Waals surface area contributed by atoms with Crippen molar-refractivity contribution in [3.63, 3.8) is 0 Å². The second kappa shape index (κ2) is 13.9. The molecule has 1 saturated carbocycles. The van der Waals surface area contributed by atoms with E-state index in [2.05, 4.69) is 26.0 Å². The zero-order valence-electron chi connectivity index (χ0n) is 23.9. The van der Waals surface area contributed by atoms with Gasteiger partial charge in [0.1, 0.15) is 11.8 Å². The number of hydrogen-bond donors (Lipinski definition) is 4. The number of ether oxygens (including phenoxy) is 1. The Morgan fingerprint density at radius 3 is 2.37 bits per heavy atom. The first kappa shape index (κ1) is 32.0. The highest BCUT2D eigenvalue weighted by molar-refractivity contribution is 6.38. The van der Waals surface area contributed by atoms with Crippen LogP contribution in [-0.4, -0.2) is 60.7 Å². The van der Waals surface area contributed by atoms with Crippen LogP contribution in [0.4, 0.5) is 8.78 Å². The summed E-state index contributed by atoms with van der Waals surface area (Å²) in [5.74, 6) is -3.89. The average Bonchev–Trinajstić information content (AvgIpc) is 3.60. The van der Waals surface area contributed by atoms with Gasteiger partial charge in [0.05, 0.1) is 6.04 Å². The predicted octanol–water partition coefficient (Wildman–Crippen LogP) is 2.56. The third-order valence-corrected chi connectivity index (χ3v) is 7.06. The number of carbonyl (C=O) groups excluding carboxylic acids is 5. The molecule has 4 atom stereocenters. The average molecular weight is 579 g/mol. The van der Waals surface area contributed by atoms with Crippen molar-refractivity contribution in [2.24, 2.45) is 11.3 Å². The molecular formula is C29H40F2N4O6. The van der Waals surface area contributed by atoms with E-state index in [0.717, 1.165) is 12.8 Å². The zero-order valence-corrected chi connectivity index (χ0v) is 23.9. The van der Waals surface area contributed by atoms with E-state index in [1.807, 2.05) is 20.8 Å². The minimum atomic E-state index is -2.97. The Morgan fingerprint density at radius 1 is 1.07 bits per heavy atom. The van der Waals surface area contributed by atoms with E-state index in [4.69, 9.17) is 0 Å². The largest absolute Gasteiger partial charge is 0.435 e. The number of benzene rings is 1. The summed E-state index contributed by atoms with van der Waals surface area (Å²) in [5, 5.41) is 10.7. The predicted molar refractivity (Wildman–Crippen MR) is 146 cm³/mol. The lowest BCUT2D eigenvalue weighted by Gasteiger charge is -2.28. The van der Waals surface area contributed by atoms with E-state index in [1.54, 1.807) is 19.1 Å². The van der Waals surface area contributed by atoms with Gasteiger partial charge in [0.25, 0.3) is 5.91 Å². The summed E-state index contributed by atoms with van der Waals surface area (Å²) in [6, 6.07) is 3.76. The number of nitrogens with one attached hydrogen (secondary N) is 4. The molecule has 226 valence electrons. The first-order chi connectivity index (χ1) is 19.2. The second-order valence-corrected chi connectivity index (χ2v) is 12.1. The van der Waals surface area contributed by atoms with Crippen molar-refractivity contribution in [3.05, 3.63) is 29.8 Å². The number of rotatable bonds is 14. The number of ketones is 1. The Hall–Kier alpha value is -3.57. The second-order valence-electron chi connectivity index (χ2n) is 12.1. The lowest BCUT2D eigenvalue weighted by molar-refractivity contribution is -0.141. The maximum atomic E-state index is 13.5. The fraction of sp³-hybridized carbons (Fsp3) is 0.621. The summed E-state index contributed by atoms with van der Waals surface area (Å²) in [6.07, 6.45) is 2.20. The topological polar surface area (TPSA) is 143 Å². The van der Waals surface area contributed by atoms with Crippen LogP contribution in [0.5, 0.6) is 5.75 Å². The summed E-state index contributed by atoms with van der Waals surface area (Å²) in [6.45, 7) is 4.91. The molecule has 0 bridgehead atoms. The molecule has 12 heteroatoms. The zero-order chi connectivity index (χ0) is 30.3. The van der Waals surface area contributed by atoms with Gasteiger partial charge in [-0.3, -0.25) is 24.0 Å². The quantitative estimate of drug-likeness (QED) is 0.250. The van der Waals surface area contributed by atoms with Gasteiger partial charge < -0.3 is 26.0 Å². The molecule has 1 aliphatic carbocycles. The first-order valence-electron chi connectivity index (χ1n) is 14.0. The van der Waals surface area contributed by atoms with Crippen molar-refractivity contribution in [2.75, 3.05) is 6.54 Å². The van der Waals surface area contributed by atoms with Gasteiger partial charge in [0.15, 0.2) is 0 Å². The minimum Gasteiger partial charge on any atom is -0.435 e. The van der Waals surface area contributed by atoms with Crippen molar-refractivity contribution in [1.82, 2.24) is 21.3 Å². The smallest absolute Gasteiger partial charge is 0.387 e. The molecular weight excluding hydrogens is 538 g/mol. The number of hydrogen-bond acceptors (Lipinski definition) is 6. The van der Waals surface area contributed by atoms with Gasteiger partial charge in [-0.05, 0) is 61.1 Å². The molecule has 10 nitrogen and oxygen atoms in total. The molecule has 0 radical (unpaired) electrons. The number of halogens is 2. The molecule has 1 saturated heterocycles. The monoisotopic (exact) mass is 578 g/mol. The molecule has 2 aliphatic rings. The van der Waals surface area contributed by atoms with Crippen LogP contribution in [0, 0.1) is 11.3 Å². The molecule has 4 N–H and O–H groups in total. The summed E-state index contributed by atoms with van der Waals surface area (Å²) in [4.78, 5) is 64.3. The van der Waals surface area contributed by atoms with Crippen LogP contribution in [0.1, 0.15) is 77.7 Å². The van der Waals surface area contributed by atoms with Crippen molar-refractivity contribution in [2.45, 2.75) is 96.9 Å².